The van der Waals surface area contributed by atoms with E-state index in [0.717, 1.165) is 33.5 Å². The van der Waals surface area contributed by atoms with Gasteiger partial charge >= 0.3 is 0 Å². The molecule has 94 valence electrons. The fourth-order valence-electron chi connectivity index (χ4n) is 2.37. The van der Waals surface area contributed by atoms with E-state index in [4.69, 9.17) is 17.2 Å². The van der Waals surface area contributed by atoms with Gasteiger partial charge in [-0.15, -0.1) is 14.1 Å². The molecule has 0 heterocycles. The molecule has 0 aliphatic rings. The van der Waals surface area contributed by atoms with Crippen molar-refractivity contribution in [3.05, 3.63) is 30.8 Å². The Hall–Kier alpha value is -0.915. The van der Waals surface area contributed by atoms with Crippen LogP contribution in [-0.4, -0.2) is 7.85 Å². The van der Waals surface area contributed by atoms with Crippen LogP contribution in [0.2, 0.25) is 0 Å². The Bertz CT molecular complexity index is 372. The van der Waals surface area contributed by atoms with Crippen molar-refractivity contribution in [3.63, 3.8) is 0 Å². The lowest BCUT2D eigenvalue weighted by Crippen LogP contribution is -2.77. The normalized spacial score (nSPS) is 10.9. The zero-order chi connectivity index (χ0) is 13.0. The van der Waals surface area contributed by atoms with Crippen LogP contribution in [0.3, 0.4) is 0 Å². The van der Waals surface area contributed by atoms with E-state index >= 15 is 0 Å². The van der Waals surface area contributed by atoms with Crippen molar-refractivity contribution in [3.8, 4) is 0 Å². The fourth-order valence-corrected chi connectivity index (χ4v) is 2.37. The summed E-state index contributed by atoms with van der Waals surface area (Å²) >= 11 is 0. The highest BCUT2D eigenvalue weighted by Gasteiger charge is 2.20. The van der Waals surface area contributed by atoms with E-state index in [1.54, 1.807) is 0 Å². The van der Waals surface area contributed by atoms with E-state index in [-0.39, 0.29) is 0 Å². The lowest BCUT2D eigenvalue weighted by molar-refractivity contribution is -0.511. The van der Waals surface area contributed by atoms with Crippen LogP contribution in [0.15, 0.2) is 0 Å². The number of hydrogen-bond donors (Lipinski definition) is 5. The van der Waals surface area contributed by atoms with Gasteiger partial charge in [-0.25, -0.2) is 0 Å². The number of rotatable bonds is 5. The minimum Gasteiger partial charge on any atom is -0.446 e. The Labute approximate surface area is 104 Å². The van der Waals surface area contributed by atoms with Crippen LogP contribution in [0, 0.1) is 14.1 Å². The van der Waals surface area contributed by atoms with Crippen LogP contribution in [0.5, 0.6) is 0 Å². The first-order valence-electron chi connectivity index (χ1n) is 5.68. The van der Waals surface area contributed by atoms with Crippen LogP contribution < -0.4 is 33.3 Å². The Morgan fingerprint density at radius 2 is 1.18 bits per heavy atom. The van der Waals surface area contributed by atoms with E-state index in [1.807, 2.05) is 18.5 Å². The molecule has 1 aromatic rings. The molecule has 1 rings (SSSR count). The Balaban J connectivity index is 3.66. The molecule has 0 saturated heterocycles. The first-order valence-corrected chi connectivity index (χ1v) is 5.68. The lowest BCUT2D eigenvalue weighted by Gasteiger charge is -2.21. The molecule has 10 N–H and O–H groups in total. The number of nitrogens with two attached hydrogens (primary N) is 5. The Kier molecular flexibility index (Phi) is 5.11. The van der Waals surface area contributed by atoms with E-state index in [0.29, 0.717) is 19.6 Å². The third-order valence-corrected chi connectivity index (χ3v) is 3.21. The van der Waals surface area contributed by atoms with E-state index in [9.17, 15) is 0 Å². The van der Waals surface area contributed by atoms with E-state index < -0.39 is 0 Å². The Morgan fingerprint density at radius 3 is 1.41 bits per heavy atom. The zero-order valence-corrected chi connectivity index (χ0v) is 10.4. The molecule has 0 atom stereocenters. The summed E-state index contributed by atoms with van der Waals surface area (Å²) in [6.45, 7) is 1.32. The van der Waals surface area contributed by atoms with Gasteiger partial charge in [0.25, 0.3) is 0 Å². The molecule has 0 amide bonds. The maximum atomic E-state index is 5.82. The largest absolute Gasteiger partial charge is 0.446 e. The molecule has 0 aromatic heterocycles. The summed E-state index contributed by atoms with van der Waals surface area (Å²) in [6.07, 6.45) is 0. The Morgan fingerprint density at radius 1 is 0.824 bits per heavy atom. The van der Waals surface area contributed by atoms with E-state index in [2.05, 4.69) is 14.1 Å². The molecule has 0 bridgehead atoms. The minimum atomic E-state index is 0.432. The highest BCUT2D eigenvalue weighted by molar-refractivity contribution is 6.38. The van der Waals surface area contributed by atoms with Gasteiger partial charge in [0.1, 0.15) is 11.4 Å². The van der Waals surface area contributed by atoms with Crippen LogP contribution in [0.1, 0.15) is 16.7 Å². The molecule has 0 aliphatic heterocycles. The molecular weight excluding hydrogens is 213 g/mol. The first-order chi connectivity index (χ1) is 8.15. The van der Waals surface area contributed by atoms with E-state index in [1.165, 1.54) is 0 Å². The molecule has 0 unspecified atom stereocenters. The molecule has 0 fully saturated rings. The van der Waals surface area contributed by atoms with Crippen molar-refractivity contribution in [1.29, 1.82) is 0 Å². The van der Waals surface area contributed by atoms with Crippen LogP contribution in [-0.2, 0) is 19.6 Å². The van der Waals surface area contributed by atoms with Gasteiger partial charge in [-0.1, -0.05) is 0 Å². The summed E-state index contributed by atoms with van der Waals surface area (Å²) in [5, 5.41) is 3.65. The maximum Gasteiger partial charge on any atom is 0.155 e. The van der Waals surface area contributed by atoms with Gasteiger partial charge in [0, 0.05) is 36.2 Å². The first kappa shape index (κ1) is 14.1. The lowest BCUT2D eigenvalue weighted by atomic mass is 9.83. The molecule has 5 nitrogen and oxygen atoms in total. The van der Waals surface area contributed by atoms with Gasteiger partial charge < -0.3 is 27.8 Å². The highest BCUT2D eigenvalue weighted by atomic mass is 14.9. The number of benzene rings is 1. The van der Waals surface area contributed by atoms with Crippen LogP contribution in [0.25, 0.3) is 0 Å². The summed E-state index contributed by atoms with van der Waals surface area (Å²) in [6, 6.07) is 0. The van der Waals surface area contributed by atoms with Gasteiger partial charge in [-0.05, 0) is 5.56 Å². The van der Waals surface area contributed by atoms with Crippen molar-refractivity contribution >= 4 is 24.7 Å². The smallest absolute Gasteiger partial charge is 0.155 e. The topological polar surface area (TPSA) is 111 Å². The van der Waals surface area contributed by atoms with Crippen molar-refractivity contribution in [2.75, 3.05) is 0 Å². The molecule has 6 heteroatoms. The second-order valence-electron chi connectivity index (χ2n) is 3.91. The third-order valence-electron chi connectivity index (χ3n) is 3.21. The quantitative estimate of drug-likeness (QED) is 0.206. The average molecular weight is 235 g/mol. The standard InChI is InChI=1S/C11H22BN5/c1-16-10-7(4-14)6(3-13)8(5-15)11(17-2)9(10)12/h1-5,12-17H2. The van der Waals surface area contributed by atoms with Crippen LogP contribution >= 0.6 is 0 Å². The van der Waals surface area contributed by atoms with Crippen molar-refractivity contribution in [1.82, 2.24) is 0 Å². The molecule has 17 heavy (non-hydrogen) atoms. The fraction of sp³-hybridized carbons (Fsp3) is 0.273. The summed E-state index contributed by atoms with van der Waals surface area (Å²) < 4.78 is 0. The molecule has 0 spiro atoms. The second kappa shape index (κ2) is 6.14. The SMILES string of the molecule is Bc1c([NH2+][CH2-])c(CN)c(CN)c(CN)c1[NH2+][CH2-]. The van der Waals surface area contributed by atoms with Crippen molar-refractivity contribution in [2.45, 2.75) is 19.6 Å². The average Bonchev–Trinajstić information content (AvgIpc) is 2.36. The molecule has 1 aromatic carbocycles. The summed E-state index contributed by atoms with van der Waals surface area (Å²) in [5.74, 6) is 0. The second-order valence-corrected chi connectivity index (χ2v) is 3.91. The molecule has 0 radical (unpaired) electrons. The van der Waals surface area contributed by atoms with Crippen molar-refractivity contribution < 1.29 is 10.6 Å². The predicted molar refractivity (Wildman–Crippen MR) is 72.2 cm³/mol. The third kappa shape index (κ3) is 2.36. The van der Waals surface area contributed by atoms with Gasteiger partial charge in [-0.3, -0.25) is 0 Å². The van der Waals surface area contributed by atoms with Gasteiger partial charge in [0.2, 0.25) is 0 Å². The van der Waals surface area contributed by atoms with Crippen LogP contribution in [0.4, 0.5) is 11.4 Å². The maximum absolute atomic E-state index is 5.82. The van der Waals surface area contributed by atoms with Gasteiger partial charge in [0.05, 0.1) is 0 Å². The monoisotopic (exact) mass is 235 g/mol. The molecule has 0 aliphatic carbocycles. The summed E-state index contributed by atoms with van der Waals surface area (Å²) in [7, 11) is 9.72. The number of hydrogen-bond acceptors (Lipinski definition) is 3. The van der Waals surface area contributed by atoms with Crippen molar-refractivity contribution in [2.24, 2.45) is 17.2 Å². The van der Waals surface area contributed by atoms with Gasteiger partial charge in [0.15, 0.2) is 7.85 Å². The van der Waals surface area contributed by atoms with Gasteiger partial charge in [-0.2, -0.15) is 0 Å². The number of quaternary nitrogens is 2. The summed E-state index contributed by atoms with van der Waals surface area (Å²) in [4.78, 5) is 0. The highest BCUT2D eigenvalue weighted by Crippen LogP contribution is 2.23. The predicted octanol–water partition coefficient (Wildman–Crippen LogP) is -3.71. The molecular formula is C11H22BN5. The summed E-state index contributed by atoms with van der Waals surface area (Å²) in [5.41, 5.74) is 23.8. The molecule has 0 saturated carbocycles. The zero-order valence-electron chi connectivity index (χ0n) is 10.4. The minimum absolute atomic E-state index is 0.432.